The van der Waals surface area contributed by atoms with E-state index in [2.05, 4.69) is 13.8 Å². The molecular formula is C65H126O26. The Morgan fingerprint density at radius 3 is 0.484 bits per heavy atom. The van der Waals surface area contributed by atoms with Crippen LogP contribution in [0.2, 0.25) is 0 Å². The Labute approximate surface area is 547 Å². The summed E-state index contributed by atoms with van der Waals surface area (Å²) in [6.07, 6.45) is 9.97. The summed E-state index contributed by atoms with van der Waals surface area (Å²) in [5, 5.41) is 8.61. The monoisotopic (exact) mass is 1320 g/mol. The largest absolute Gasteiger partial charge is 0.491 e. The number of para-hydroxylation sites is 1. The fourth-order valence-corrected chi connectivity index (χ4v) is 6.99. The molecule has 0 aliphatic rings. The van der Waals surface area contributed by atoms with Gasteiger partial charge >= 0.3 is 0 Å². The minimum Gasteiger partial charge on any atom is -0.491 e. The smallest absolute Gasteiger partial charge is 0.119 e. The second kappa shape index (κ2) is 86.0. The predicted octanol–water partition coefficient (Wildman–Crippen LogP) is 5.21. The van der Waals surface area contributed by atoms with Crippen molar-refractivity contribution in [1.29, 1.82) is 0 Å². The van der Waals surface area contributed by atoms with Gasteiger partial charge in [-0.1, -0.05) is 77.0 Å². The molecule has 0 saturated heterocycles. The highest BCUT2D eigenvalue weighted by molar-refractivity contribution is 5.20. The number of ether oxygens (including phenoxy) is 25. The maximum atomic E-state index is 8.61. The molecule has 0 aromatic heterocycles. The van der Waals surface area contributed by atoms with Gasteiger partial charge in [-0.05, 0) is 12.1 Å². The predicted molar refractivity (Wildman–Crippen MR) is 342 cm³/mol. The topological polar surface area (TPSA) is 251 Å². The molecule has 26 heteroatoms. The molecule has 0 atom stereocenters. The summed E-state index contributed by atoms with van der Waals surface area (Å²) in [6, 6.07) is 9.66. The SMILES string of the molecule is CCCCCCCCC.OCCOCCOCCOCCOCCOCCOCCOCCOCCOCCOCCOCCOCCOCCOCCOCCOCCOCCOCCOCCOCCOCCOCCOCCOCCOc1ccccc1. The fourth-order valence-electron chi connectivity index (χ4n) is 6.99. The highest BCUT2D eigenvalue weighted by Gasteiger charge is 2.01. The minimum atomic E-state index is 0.0177. The van der Waals surface area contributed by atoms with Crippen LogP contribution in [0.25, 0.3) is 0 Å². The average molecular weight is 1320 g/mol. The zero-order valence-corrected chi connectivity index (χ0v) is 56.3. The van der Waals surface area contributed by atoms with E-state index in [1.54, 1.807) is 0 Å². The number of aliphatic hydroxyl groups is 1. The Balaban J connectivity index is 0.00000829. The Morgan fingerprint density at radius 2 is 0.330 bits per heavy atom. The molecule has 542 valence electrons. The quantitative estimate of drug-likeness (QED) is 0.0822. The van der Waals surface area contributed by atoms with Gasteiger partial charge in [-0.2, -0.15) is 0 Å². The molecule has 26 nitrogen and oxygen atoms in total. The molecule has 1 rings (SSSR count). The van der Waals surface area contributed by atoms with Crippen LogP contribution in [0.1, 0.15) is 58.8 Å². The molecule has 0 radical (unpaired) electrons. The summed E-state index contributed by atoms with van der Waals surface area (Å²) < 4.78 is 137. The standard InChI is InChI=1S/C56H106O26.C9H20/c57-6-7-58-8-9-59-10-11-60-12-13-61-14-15-62-16-17-63-18-19-64-20-21-65-22-23-66-24-25-67-26-27-68-28-29-69-30-31-70-32-33-71-34-35-72-36-37-73-38-39-74-40-41-75-42-43-76-44-45-77-46-47-78-48-49-79-50-51-80-52-53-81-54-55-82-56-4-2-1-3-5-56;1-3-5-7-9-8-6-4-2/h1-5,57H,6-55H2;3-9H2,1-2H3. The highest BCUT2D eigenvalue weighted by atomic mass is 16.6. The second-order valence-corrected chi connectivity index (χ2v) is 19.3. The summed E-state index contributed by atoms with van der Waals surface area (Å²) in [5.74, 6) is 0.838. The summed E-state index contributed by atoms with van der Waals surface area (Å²) in [5.41, 5.74) is 0. The molecule has 0 bridgehead atoms. The third-order valence-corrected chi connectivity index (χ3v) is 11.7. The average Bonchev–Trinajstić information content (AvgIpc) is 3.67. The number of rotatable bonds is 81. The van der Waals surface area contributed by atoms with Gasteiger partial charge in [-0.25, -0.2) is 0 Å². The van der Waals surface area contributed by atoms with E-state index in [9.17, 15) is 0 Å². The fraction of sp³-hybridized carbons (Fsp3) is 0.908. The summed E-state index contributed by atoms with van der Waals surface area (Å²) in [4.78, 5) is 0. The Morgan fingerprint density at radius 1 is 0.187 bits per heavy atom. The lowest BCUT2D eigenvalue weighted by atomic mass is 10.1. The molecule has 1 aromatic carbocycles. The summed E-state index contributed by atoms with van der Waals surface area (Å²) in [6.45, 7) is 28.4. The van der Waals surface area contributed by atoms with Gasteiger partial charge in [0.05, 0.1) is 324 Å². The van der Waals surface area contributed by atoms with Crippen molar-refractivity contribution in [3.8, 4) is 5.75 Å². The number of benzene rings is 1. The third kappa shape index (κ3) is 84.1. The molecule has 0 amide bonds. The third-order valence-electron chi connectivity index (χ3n) is 11.7. The van der Waals surface area contributed by atoms with Gasteiger partial charge in [0.25, 0.3) is 0 Å². The van der Waals surface area contributed by atoms with Gasteiger partial charge in [-0.15, -0.1) is 0 Å². The maximum absolute atomic E-state index is 8.61. The lowest BCUT2D eigenvalue weighted by molar-refractivity contribution is -0.0320. The van der Waals surface area contributed by atoms with Gasteiger partial charge < -0.3 is 124 Å². The van der Waals surface area contributed by atoms with Gasteiger partial charge in [0.15, 0.2) is 0 Å². The van der Waals surface area contributed by atoms with Crippen LogP contribution >= 0.6 is 0 Å². The number of hydrogen-bond donors (Lipinski definition) is 1. The molecule has 91 heavy (non-hydrogen) atoms. The van der Waals surface area contributed by atoms with Crippen molar-refractivity contribution in [3.05, 3.63) is 30.3 Å². The van der Waals surface area contributed by atoms with Crippen LogP contribution in [0.15, 0.2) is 30.3 Å². The van der Waals surface area contributed by atoms with E-state index in [0.717, 1.165) is 5.75 Å². The second-order valence-electron chi connectivity index (χ2n) is 19.3. The molecule has 0 saturated carbocycles. The summed E-state index contributed by atoms with van der Waals surface area (Å²) in [7, 11) is 0. The van der Waals surface area contributed by atoms with Crippen LogP contribution in [-0.4, -0.2) is 335 Å². The number of hydrogen-bond acceptors (Lipinski definition) is 26. The van der Waals surface area contributed by atoms with Gasteiger partial charge in [0.2, 0.25) is 0 Å². The number of unbranched alkanes of at least 4 members (excludes halogenated alkanes) is 6. The van der Waals surface area contributed by atoms with Crippen LogP contribution in [0.3, 0.4) is 0 Å². The van der Waals surface area contributed by atoms with Crippen molar-refractivity contribution in [1.82, 2.24) is 0 Å². The zero-order valence-electron chi connectivity index (χ0n) is 56.3. The van der Waals surface area contributed by atoms with Crippen molar-refractivity contribution in [2.45, 2.75) is 58.8 Å². The molecule has 1 aromatic rings. The van der Waals surface area contributed by atoms with Gasteiger partial charge in [0.1, 0.15) is 12.4 Å². The van der Waals surface area contributed by atoms with E-state index < -0.39 is 0 Å². The van der Waals surface area contributed by atoms with Crippen molar-refractivity contribution >= 4 is 0 Å². The van der Waals surface area contributed by atoms with E-state index >= 15 is 0 Å². The lowest BCUT2D eigenvalue weighted by Gasteiger charge is -2.09. The molecule has 0 spiro atoms. The van der Waals surface area contributed by atoms with Crippen molar-refractivity contribution in [2.24, 2.45) is 0 Å². The van der Waals surface area contributed by atoms with E-state index in [0.29, 0.717) is 324 Å². The molecule has 0 unspecified atom stereocenters. The van der Waals surface area contributed by atoms with Crippen LogP contribution in [0.5, 0.6) is 5.75 Å². The first kappa shape index (κ1) is 89.0. The molecule has 0 heterocycles. The lowest BCUT2D eigenvalue weighted by Crippen LogP contribution is -2.16. The molecule has 0 aliphatic heterocycles. The van der Waals surface area contributed by atoms with Crippen molar-refractivity contribution < 1.29 is 124 Å². The summed E-state index contributed by atoms with van der Waals surface area (Å²) >= 11 is 0. The molecular weight excluding hydrogens is 1200 g/mol. The number of aliphatic hydroxyl groups excluding tert-OH is 1. The first-order chi connectivity index (χ1) is 45.3. The van der Waals surface area contributed by atoms with Gasteiger partial charge in [-0.3, -0.25) is 0 Å². The van der Waals surface area contributed by atoms with Crippen LogP contribution < -0.4 is 4.74 Å². The van der Waals surface area contributed by atoms with Crippen LogP contribution in [-0.2, 0) is 114 Å². The van der Waals surface area contributed by atoms with E-state index in [1.807, 2.05) is 30.3 Å². The Kier molecular flexibility index (Phi) is 84.2. The molecule has 0 fully saturated rings. The normalized spacial score (nSPS) is 11.5. The minimum absolute atomic E-state index is 0.0177. The zero-order chi connectivity index (χ0) is 65.1. The molecule has 1 N–H and O–H groups in total. The van der Waals surface area contributed by atoms with Crippen molar-refractivity contribution in [3.63, 3.8) is 0 Å². The maximum Gasteiger partial charge on any atom is 0.119 e. The van der Waals surface area contributed by atoms with Crippen LogP contribution in [0, 0.1) is 0 Å². The Hall–Kier alpha value is -1.98. The van der Waals surface area contributed by atoms with E-state index in [1.165, 1.54) is 44.9 Å². The van der Waals surface area contributed by atoms with Crippen LogP contribution in [0.4, 0.5) is 0 Å². The first-order valence-corrected chi connectivity index (χ1v) is 33.5. The van der Waals surface area contributed by atoms with Crippen molar-refractivity contribution in [2.75, 3.05) is 330 Å². The van der Waals surface area contributed by atoms with E-state index in [4.69, 9.17) is 124 Å². The highest BCUT2D eigenvalue weighted by Crippen LogP contribution is 2.08. The van der Waals surface area contributed by atoms with Gasteiger partial charge in [0, 0.05) is 0 Å². The Bertz CT molecular complexity index is 1380. The van der Waals surface area contributed by atoms with E-state index in [-0.39, 0.29) is 6.61 Å². The first-order valence-electron chi connectivity index (χ1n) is 33.5. The molecule has 0 aliphatic carbocycles.